The van der Waals surface area contributed by atoms with E-state index in [1.54, 1.807) is 11.3 Å². The van der Waals surface area contributed by atoms with Crippen molar-refractivity contribution in [1.29, 1.82) is 0 Å². The Labute approximate surface area is 81.9 Å². The van der Waals surface area contributed by atoms with Crippen LogP contribution in [-0.4, -0.2) is 18.2 Å². The lowest BCUT2D eigenvalue weighted by Gasteiger charge is -2.00. The van der Waals surface area contributed by atoms with Gasteiger partial charge < -0.3 is 10.5 Å². The van der Waals surface area contributed by atoms with Crippen molar-refractivity contribution < 1.29 is 4.74 Å². The SMILES string of the molecule is Cc1nc(C2CCOC2)sc1CN. The average molecular weight is 198 g/mol. The largest absolute Gasteiger partial charge is 0.381 e. The maximum absolute atomic E-state index is 5.60. The lowest BCUT2D eigenvalue weighted by atomic mass is 10.1. The number of ether oxygens (including phenoxy) is 1. The van der Waals surface area contributed by atoms with E-state index in [9.17, 15) is 0 Å². The minimum atomic E-state index is 0.518. The molecular formula is C9H14N2OS. The van der Waals surface area contributed by atoms with Gasteiger partial charge >= 0.3 is 0 Å². The van der Waals surface area contributed by atoms with Crippen molar-refractivity contribution in [2.24, 2.45) is 5.73 Å². The number of nitrogens with two attached hydrogens (primary N) is 1. The van der Waals surface area contributed by atoms with Gasteiger partial charge in [-0.3, -0.25) is 0 Å². The van der Waals surface area contributed by atoms with Crippen LogP contribution in [0.2, 0.25) is 0 Å². The van der Waals surface area contributed by atoms with Crippen LogP contribution in [0.25, 0.3) is 0 Å². The lowest BCUT2D eigenvalue weighted by Crippen LogP contribution is -1.96. The minimum absolute atomic E-state index is 0.518. The highest BCUT2D eigenvalue weighted by Crippen LogP contribution is 2.30. The Morgan fingerprint density at radius 3 is 3.08 bits per heavy atom. The molecule has 1 unspecified atom stereocenters. The quantitative estimate of drug-likeness (QED) is 0.781. The zero-order valence-electron chi connectivity index (χ0n) is 7.75. The third kappa shape index (κ3) is 1.75. The lowest BCUT2D eigenvalue weighted by molar-refractivity contribution is 0.194. The van der Waals surface area contributed by atoms with E-state index in [-0.39, 0.29) is 0 Å². The first-order valence-electron chi connectivity index (χ1n) is 4.55. The Morgan fingerprint density at radius 2 is 2.54 bits per heavy atom. The summed E-state index contributed by atoms with van der Waals surface area (Å²) in [5.74, 6) is 0.518. The van der Waals surface area contributed by atoms with Gasteiger partial charge in [-0.25, -0.2) is 4.98 Å². The average Bonchev–Trinajstić information content (AvgIpc) is 2.71. The summed E-state index contributed by atoms with van der Waals surface area (Å²) >= 11 is 1.74. The van der Waals surface area contributed by atoms with Gasteiger partial charge in [-0.05, 0) is 13.3 Å². The van der Waals surface area contributed by atoms with Gasteiger partial charge in [0.25, 0.3) is 0 Å². The number of aromatic nitrogens is 1. The highest BCUT2D eigenvalue weighted by atomic mass is 32.1. The Bertz CT molecular complexity index is 292. The molecule has 1 aromatic rings. The van der Waals surface area contributed by atoms with E-state index in [4.69, 9.17) is 10.5 Å². The number of hydrogen-bond donors (Lipinski definition) is 1. The van der Waals surface area contributed by atoms with Gasteiger partial charge in [-0.1, -0.05) is 0 Å². The zero-order chi connectivity index (χ0) is 9.26. The summed E-state index contributed by atoms with van der Waals surface area (Å²) in [7, 11) is 0. The van der Waals surface area contributed by atoms with Gasteiger partial charge in [-0.2, -0.15) is 0 Å². The molecule has 72 valence electrons. The van der Waals surface area contributed by atoms with Crippen molar-refractivity contribution in [2.75, 3.05) is 13.2 Å². The molecule has 13 heavy (non-hydrogen) atoms. The van der Waals surface area contributed by atoms with Crippen molar-refractivity contribution in [3.05, 3.63) is 15.6 Å². The normalized spacial score (nSPS) is 22.5. The molecule has 0 aromatic carbocycles. The summed E-state index contributed by atoms with van der Waals surface area (Å²) in [6.45, 7) is 4.34. The van der Waals surface area contributed by atoms with Crippen LogP contribution in [-0.2, 0) is 11.3 Å². The predicted octanol–water partition coefficient (Wildman–Crippen LogP) is 1.41. The van der Waals surface area contributed by atoms with Crippen LogP contribution in [0.5, 0.6) is 0 Å². The fraction of sp³-hybridized carbons (Fsp3) is 0.667. The summed E-state index contributed by atoms with van der Waals surface area (Å²) in [6, 6.07) is 0. The molecule has 4 heteroatoms. The van der Waals surface area contributed by atoms with Crippen LogP contribution >= 0.6 is 11.3 Å². The molecule has 0 aliphatic carbocycles. The molecule has 2 rings (SSSR count). The van der Waals surface area contributed by atoms with Gasteiger partial charge in [0.15, 0.2) is 0 Å². The van der Waals surface area contributed by atoms with Crippen LogP contribution in [0.3, 0.4) is 0 Å². The molecule has 1 aromatic heterocycles. The molecule has 1 aliphatic heterocycles. The number of aryl methyl sites for hydroxylation is 1. The zero-order valence-corrected chi connectivity index (χ0v) is 8.56. The molecule has 1 aliphatic rings. The van der Waals surface area contributed by atoms with Crippen molar-refractivity contribution in [3.63, 3.8) is 0 Å². The summed E-state index contributed by atoms with van der Waals surface area (Å²) in [5, 5.41) is 1.20. The van der Waals surface area contributed by atoms with Crippen molar-refractivity contribution in [3.8, 4) is 0 Å². The second kappa shape index (κ2) is 3.74. The second-order valence-electron chi connectivity index (χ2n) is 3.33. The van der Waals surface area contributed by atoms with Gasteiger partial charge in [0, 0.05) is 23.9 Å². The molecule has 0 amide bonds. The number of hydrogen-bond acceptors (Lipinski definition) is 4. The minimum Gasteiger partial charge on any atom is -0.381 e. The molecule has 1 fully saturated rings. The van der Waals surface area contributed by atoms with E-state index in [1.165, 1.54) is 9.88 Å². The van der Waals surface area contributed by atoms with Crippen LogP contribution in [0.4, 0.5) is 0 Å². The summed E-state index contributed by atoms with van der Waals surface area (Å²) in [6.07, 6.45) is 1.11. The highest BCUT2D eigenvalue weighted by Gasteiger charge is 2.21. The third-order valence-corrected chi connectivity index (χ3v) is 3.72. The Kier molecular flexibility index (Phi) is 2.62. The Balaban J connectivity index is 2.20. The first-order valence-corrected chi connectivity index (χ1v) is 5.37. The highest BCUT2D eigenvalue weighted by molar-refractivity contribution is 7.11. The molecule has 0 saturated carbocycles. The van der Waals surface area contributed by atoms with Crippen LogP contribution in [0, 0.1) is 6.92 Å². The topological polar surface area (TPSA) is 48.1 Å². The summed E-state index contributed by atoms with van der Waals surface area (Å²) in [4.78, 5) is 5.73. The van der Waals surface area contributed by atoms with Crippen molar-refractivity contribution >= 4 is 11.3 Å². The van der Waals surface area contributed by atoms with E-state index in [2.05, 4.69) is 4.98 Å². The van der Waals surface area contributed by atoms with Crippen molar-refractivity contribution in [2.45, 2.75) is 25.8 Å². The smallest absolute Gasteiger partial charge is 0.0986 e. The van der Waals surface area contributed by atoms with E-state index in [1.807, 2.05) is 6.92 Å². The first-order chi connectivity index (χ1) is 6.31. The fourth-order valence-corrected chi connectivity index (χ4v) is 2.61. The van der Waals surface area contributed by atoms with Crippen LogP contribution in [0.1, 0.15) is 27.9 Å². The number of nitrogens with zero attached hydrogens (tertiary/aromatic N) is 1. The number of thiazole rings is 1. The molecule has 1 atom stereocenters. The standard InChI is InChI=1S/C9H14N2OS/c1-6-8(4-10)13-9(11-6)7-2-3-12-5-7/h7H,2-5,10H2,1H3. The van der Waals surface area contributed by atoms with Crippen LogP contribution in [0.15, 0.2) is 0 Å². The predicted molar refractivity (Wildman–Crippen MR) is 52.9 cm³/mol. The van der Waals surface area contributed by atoms with Crippen molar-refractivity contribution in [1.82, 2.24) is 4.98 Å². The monoisotopic (exact) mass is 198 g/mol. The van der Waals surface area contributed by atoms with E-state index in [0.29, 0.717) is 12.5 Å². The molecule has 2 heterocycles. The molecule has 2 N–H and O–H groups in total. The molecular weight excluding hydrogens is 184 g/mol. The fourth-order valence-electron chi connectivity index (χ4n) is 1.54. The maximum Gasteiger partial charge on any atom is 0.0986 e. The molecule has 0 spiro atoms. The Hall–Kier alpha value is -0.450. The van der Waals surface area contributed by atoms with Crippen LogP contribution < -0.4 is 5.73 Å². The molecule has 0 radical (unpaired) electrons. The Morgan fingerprint density at radius 1 is 1.69 bits per heavy atom. The number of rotatable bonds is 2. The van der Waals surface area contributed by atoms with Gasteiger partial charge in [0.05, 0.1) is 17.3 Å². The van der Waals surface area contributed by atoms with Gasteiger partial charge in [0.1, 0.15) is 0 Å². The maximum atomic E-state index is 5.60. The van der Waals surface area contributed by atoms with E-state index in [0.717, 1.165) is 25.3 Å². The van der Waals surface area contributed by atoms with Gasteiger partial charge in [0.2, 0.25) is 0 Å². The van der Waals surface area contributed by atoms with Gasteiger partial charge in [-0.15, -0.1) is 11.3 Å². The molecule has 1 saturated heterocycles. The molecule has 3 nitrogen and oxygen atoms in total. The third-order valence-electron chi connectivity index (χ3n) is 2.37. The second-order valence-corrected chi connectivity index (χ2v) is 4.44. The summed E-state index contributed by atoms with van der Waals surface area (Å²) in [5.41, 5.74) is 6.69. The summed E-state index contributed by atoms with van der Waals surface area (Å²) < 4.78 is 5.33. The van der Waals surface area contributed by atoms with E-state index >= 15 is 0 Å². The molecule has 0 bridgehead atoms. The van der Waals surface area contributed by atoms with E-state index < -0.39 is 0 Å². The first kappa shape index (κ1) is 9.12.